The molecule has 7 heteroatoms. The maximum absolute atomic E-state index is 11.9. The Balaban J connectivity index is 1.97. The number of aryl methyl sites for hydroxylation is 2. The topological polar surface area (TPSA) is 89.4 Å². The average molecular weight is 358 g/mol. The van der Waals surface area contributed by atoms with Gasteiger partial charge in [0.15, 0.2) is 18.1 Å². The van der Waals surface area contributed by atoms with E-state index in [1.165, 1.54) is 20.4 Å². The number of rotatable bonds is 7. The summed E-state index contributed by atoms with van der Waals surface area (Å²) >= 11 is 0. The van der Waals surface area contributed by atoms with Gasteiger partial charge in [-0.15, -0.1) is 0 Å². The smallest absolute Gasteiger partial charge is 0.277 e. The molecule has 0 unspecified atom stereocenters. The van der Waals surface area contributed by atoms with Crippen molar-refractivity contribution >= 4 is 12.1 Å². The molecule has 2 N–H and O–H groups in total. The van der Waals surface area contributed by atoms with Crippen molar-refractivity contribution in [3.8, 4) is 23.0 Å². The molecule has 0 bridgehead atoms. The van der Waals surface area contributed by atoms with Crippen molar-refractivity contribution in [1.29, 1.82) is 0 Å². The number of carbonyl (C=O) groups is 1. The normalized spacial score (nSPS) is 10.6. The van der Waals surface area contributed by atoms with E-state index in [4.69, 9.17) is 14.2 Å². The van der Waals surface area contributed by atoms with Crippen molar-refractivity contribution in [2.24, 2.45) is 5.10 Å². The number of hydrazone groups is 1. The van der Waals surface area contributed by atoms with Crippen LogP contribution >= 0.6 is 0 Å². The first-order valence-electron chi connectivity index (χ1n) is 7.92. The maximum Gasteiger partial charge on any atom is 0.277 e. The fraction of sp³-hybridized carbons (Fsp3) is 0.263. The highest BCUT2D eigenvalue weighted by atomic mass is 16.5. The molecule has 0 saturated carbocycles. The molecule has 0 aromatic heterocycles. The van der Waals surface area contributed by atoms with Gasteiger partial charge in [-0.05, 0) is 37.1 Å². The predicted molar refractivity (Wildman–Crippen MR) is 98.4 cm³/mol. The number of benzene rings is 2. The summed E-state index contributed by atoms with van der Waals surface area (Å²) in [6.45, 7) is 3.69. The molecule has 2 aromatic rings. The molecule has 2 aromatic carbocycles. The lowest BCUT2D eigenvalue weighted by Gasteiger charge is -2.11. The van der Waals surface area contributed by atoms with Crippen molar-refractivity contribution in [3.05, 3.63) is 47.0 Å². The van der Waals surface area contributed by atoms with E-state index in [-0.39, 0.29) is 29.8 Å². The molecule has 0 aliphatic rings. The number of phenolic OH excluding ortho intramolecular Hbond substituents is 1. The Morgan fingerprint density at radius 2 is 1.73 bits per heavy atom. The van der Waals surface area contributed by atoms with Gasteiger partial charge < -0.3 is 19.3 Å². The Bertz CT molecular complexity index is 772. The van der Waals surface area contributed by atoms with Gasteiger partial charge in [-0.1, -0.05) is 18.2 Å². The van der Waals surface area contributed by atoms with Crippen molar-refractivity contribution in [2.75, 3.05) is 20.8 Å². The van der Waals surface area contributed by atoms with E-state index in [9.17, 15) is 9.90 Å². The molecule has 0 aliphatic heterocycles. The van der Waals surface area contributed by atoms with E-state index >= 15 is 0 Å². The van der Waals surface area contributed by atoms with Gasteiger partial charge in [-0.25, -0.2) is 5.43 Å². The Hall–Kier alpha value is -3.22. The van der Waals surface area contributed by atoms with Gasteiger partial charge in [-0.3, -0.25) is 4.79 Å². The molecule has 0 heterocycles. The molecule has 0 saturated heterocycles. The van der Waals surface area contributed by atoms with Crippen LogP contribution in [-0.4, -0.2) is 38.1 Å². The van der Waals surface area contributed by atoms with Crippen LogP contribution in [0.1, 0.15) is 16.7 Å². The fourth-order valence-corrected chi connectivity index (χ4v) is 2.36. The Morgan fingerprint density at radius 1 is 1.15 bits per heavy atom. The molecule has 26 heavy (non-hydrogen) atoms. The number of methoxy groups -OCH3 is 2. The second-order valence-corrected chi connectivity index (χ2v) is 5.58. The quantitative estimate of drug-likeness (QED) is 0.586. The van der Waals surface area contributed by atoms with Crippen LogP contribution in [0.5, 0.6) is 23.0 Å². The molecule has 138 valence electrons. The van der Waals surface area contributed by atoms with Gasteiger partial charge in [0.25, 0.3) is 5.91 Å². The van der Waals surface area contributed by atoms with Crippen LogP contribution in [0, 0.1) is 13.8 Å². The highest BCUT2D eigenvalue weighted by Crippen LogP contribution is 2.36. The predicted octanol–water partition coefficient (Wildman–Crippen LogP) is 2.56. The summed E-state index contributed by atoms with van der Waals surface area (Å²) in [4.78, 5) is 11.9. The van der Waals surface area contributed by atoms with Gasteiger partial charge in [-0.2, -0.15) is 5.10 Å². The highest BCUT2D eigenvalue weighted by Gasteiger charge is 2.10. The maximum atomic E-state index is 11.9. The summed E-state index contributed by atoms with van der Waals surface area (Å²) in [5, 5.41) is 13.8. The van der Waals surface area contributed by atoms with Gasteiger partial charge in [0, 0.05) is 5.56 Å². The number of carbonyl (C=O) groups excluding carboxylic acids is 1. The van der Waals surface area contributed by atoms with Gasteiger partial charge >= 0.3 is 0 Å². The second-order valence-electron chi connectivity index (χ2n) is 5.58. The third kappa shape index (κ3) is 4.66. The highest BCUT2D eigenvalue weighted by molar-refractivity contribution is 5.84. The first-order chi connectivity index (χ1) is 12.5. The lowest BCUT2D eigenvalue weighted by Crippen LogP contribution is -2.25. The van der Waals surface area contributed by atoms with E-state index < -0.39 is 0 Å². The summed E-state index contributed by atoms with van der Waals surface area (Å²) in [5.74, 6) is 0.699. The van der Waals surface area contributed by atoms with E-state index in [2.05, 4.69) is 10.5 Å². The minimum Gasteiger partial charge on any atom is -0.502 e. The summed E-state index contributed by atoms with van der Waals surface area (Å²) in [6, 6.07) is 8.91. The number of nitrogens with zero attached hydrogens (tertiary/aromatic N) is 1. The Morgan fingerprint density at radius 3 is 2.27 bits per heavy atom. The molecule has 0 fully saturated rings. The van der Waals surface area contributed by atoms with E-state index in [1.54, 1.807) is 12.1 Å². The number of nitrogens with one attached hydrogen (secondary N) is 1. The number of hydrogen-bond acceptors (Lipinski definition) is 6. The lowest BCUT2D eigenvalue weighted by atomic mass is 10.1. The summed E-state index contributed by atoms with van der Waals surface area (Å²) in [6.07, 6.45) is 1.42. The Labute approximate surface area is 152 Å². The Kier molecular flexibility index (Phi) is 6.43. The van der Waals surface area contributed by atoms with Crippen LogP contribution in [0.3, 0.4) is 0 Å². The third-order valence-electron chi connectivity index (χ3n) is 3.66. The first-order valence-corrected chi connectivity index (χ1v) is 7.92. The van der Waals surface area contributed by atoms with Crippen molar-refractivity contribution in [2.45, 2.75) is 13.8 Å². The van der Waals surface area contributed by atoms with Gasteiger partial charge in [0.1, 0.15) is 5.75 Å². The standard InChI is InChI=1S/C19H22N2O5/c1-12-6-5-7-13(2)19(12)26-11-17(22)21-20-10-14-8-15(24-3)18(23)16(9-14)25-4/h5-10,23H,11H2,1-4H3,(H,21,22). The van der Waals surface area contributed by atoms with E-state index in [0.717, 1.165) is 11.1 Å². The number of aromatic hydroxyl groups is 1. The third-order valence-corrected chi connectivity index (χ3v) is 3.66. The number of hydrogen-bond donors (Lipinski definition) is 2. The minimum atomic E-state index is -0.387. The number of phenols is 1. The zero-order chi connectivity index (χ0) is 19.1. The number of para-hydroxylation sites is 1. The molecule has 7 nitrogen and oxygen atoms in total. The molecule has 0 radical (unpaired) electrons. The number of amides is 1. The average Bonchev–Trinajstić information content (AvgIpc) is 2.62. The summed E-state index contributed by atoms with van der Waals surface area (Å²) < 4.78 is 15.7. The van der Waals surface area contributed by atoms with E-state index in [1.807, 2.05) is 32.0 Å². The van der Waals surface area contributed by atoms with Crippen LogP contribution < -0.4 is 19.6 Å². The van der Waals surface area contributed by atoms with Crippen LogP contribution in [0.25, 0.3) is 0 Å². The van der Waals surface area contributed by atoms with E-state index in [0.29, 0.717) is 11.3 Å². The summed E-state index contributed by atoms with van der Waals surface area (Å²) in [7, 11) is 2.87. The van der Waals surface area contributed by atoms with Gasteiger partial charge in [0.05, 0.1) is 20.4 Å². The second kappa shape index (κ2) is 8.75. The molecule has 0 spiro atoms. The van der Waals surface area contributed by atoms with Crippen molar-refractivity contribution in [3.63, 3.8) is 0 Å². The van der Waals surface area contributed by atoms with Crippen LogP contribution in [0.15, 0.2) is 35.4 Å². The SMILES string of the molecule is COc1cc(C=NNC(=O)COc2c(C)cccc2C)cc(OC)c1O. The van der Waals surface area contributed by atoms with Crippen LogP contribution in [-0.2, 0) is 4.79 Å². The van der Waals surface area contributed by atoms with Gasteiger partial charge in [0.2, 0.25) is 5.75 Å². The monoisotopic (exact) mass is 358 g/mol. The molecule has 1 amide bonds. The molecule has 2 rings (SSSR count). The number of ether oxygens (including phenoxy) is 3. The van der Waals surface area contributed by atoms with Crippen LogP contribution in [0.4, 0.5) is 0 Å². The van der Waals surface area contributed by atoms with Crippen molar-refractivity contribution in [1.82, 2.24) is 5.43 Å². The molecular formula is C19H22N2O5. The lowest BCUT2D eigenvalue weighted by molar-refractivity contribution is -0.123. The molecular weight excluding hydrogens is 336 g/mol. The van der Waals surface area contributed by atoms with Crippen molar-refractivity contribution < 1.29 is 24.1 Å². The largest absolute Gasteiger partial charge is 0.502 e. The van der Waals surface area contributed by atoms with Crippen LogP contribution in [0.2, 0.25) is 0 Å². The molecule has 0 atom stereocenters. The first kappa shape index (κ1) is 19.1. The zero-order valence-electron chi connectivity index (χ0n) is 15.2. The minimum absolute atomic E-state index is 0.0989. The molecule has 0 aliphatic carbocycles. The fourth-order valence-electron chi connectivity index (χ4n) is 2.36. The summed E-state index contributed by atoms with van der Waals surface area (Å²) in [5.41, 5.74) is 4.91. The zero-order valence-corrected chi connectivity index (χ0v) is 15.2.